The SMILES string of the molecule is CC1=C(C)C2CC3CC(CC1C3)C2.CC1=C(C)C2CC3CC2CC13. The van der Waals surface area contributed by atoms with Gasteiger partial charge in [0, 0.05) is 0 Å². The van der Waals surface area contributed by atoms with Crippen LogP contribution in [0.25, 0.3) is 0 Å². The van der Waals surface area contributed by atoms with Gasteiger partial charge in [0.2, 0.25) is 0 Å². The monoisotopic (exact) mass is 324 g/mol. The molecule has 4 fully saturated rings. The Morgan fingerprint density at radius 2 is 0.875 bits per heavy atom. The molecule has 0 heterocycles. The Morgan fingerprint density at radius 3 is 1.25 bits per heavy atom. The zero-order valence-corrected chi connectivity index (χ0v) is 16.3. The van der Waals surface area contributed by atoms with Crippen LogP contribution in [-0.2, 0) is 0 Å². The van der Waals surface area contributed by atoms with Crippen LogP contribution in [0.1, 0.15) is 79.1 Å². The molecule has 24 heavy (non-hydrogen) atoms. The number of hydrogen-bond donors (Lipinski definition) is 0. The molecule has 4 atom stereocenters. The second kappa shape index (κ2) is 5.49. The minimum atomic E-state index is 0.983. The molecule has 0 amide bonds. The van der Waals surface area contributed by atoms with Crippen molar-refractivity contribution in [2.75, 3.05) is 0 Å². The predicted molar refractivity (Wildman–Crippen MR) is 102 cm³/mol. The van der Waals surface area contributed by atoms with Crippen LogP contribution in [-0.4, -0.2) is 0 Å². The molecule has 8 aliphatic rings. The Balaban J connectivity index is 0.000000110. The summed E-state index contributed by atoms with van der Waals surface area (Å²) in [5.41, 5.74) is 7.07. The summed E-state index contributed by atoms with van der Waals surface area (Å²) in [4.78, 5) is 0. The molecule has 0 aromatic heterocycles. The van der Waals surface area contributed by atoms with Gasteiger partial charge in [-0.2, -0.15) is 0 Å². The van der Waals surface area contributed by atoms with Crippen LogP contribution in [0.2, 0.25) is 0 Å². The normalized spacial score (nSPS) is 50.5. The second-order valence-corrected chi connectivity index (χ2v) is 10.5. The minimum Gasteiger partial charge on any atom is -0.0710 e. The van der Waals surface area contributed by atoms with E-state index in [1.54, 1.807) is 48.0 Å². The number of rotatable bonds is 0. The Kier molecular flexibility index (Phi) is 3.59. The molecule has 0 radical (unpaired) electrons. The summed E-state index contributed by atoms with van der Waals surface area (Å²) >= 11 is 0. The molecule has 8 aliphatic carbocycles. The molecular weight excluding hydrogens is 288 g/mol. The first kappa shape index (κ1) is 15.7. The Bertz CT molecular complexity index is 544. The van der Waals surface area contributed by atoms with Crippen molar-refractivity contribution >= 4 is 0 Å². The smallest absolute Gasteiger partial charge is 0.0172 e. The molecule has 0 heteroatoms. The summed E-state index contributed by atoms with van der Waals surface area (Å²) in [7, 11) is 0. The van der Waals surface area contributed by atoms with E-state index in [2.05, 4.69) is 27.7 Å². The van der Waals surface area contributed by atoms with Crippen molar-refractivity contribution in [1.82, 2.24) is 0 Å². The van der Waals surface area contributed by atoms with Gasteiger partial charge < -0.3 is 0 Å². The highest BCUT2D eigenvalue weighted by atomic mass is 14.6. The maximum absolute atomic E-state index is 2.41. The molecule has 132 valence electrons. The molecule has 0 N–H and O–H groups in total. The molecule has 8 rings (SSSR count). The number of allylic oxidation sites excluding steroid dienone is 4. The summed E-state index contributed by atoms with van der Waals surface area (Å²) in [6.07, 6.45) is 12.3. The van der Waals surface area contributed by atoms with Crippen molar-refractivity contribution in [3.63, 3.8) is 0 Å². The van der Waals surface area contributed by atoms with Gasteiger partial charge in [-0.05, 0) is 126 Å². The molecular formula is C24H36. The summed E-state index contributed by atoms with van der Waals surface area (Å²) in [6, 6.07) is 0. The quantitative estimate of drug-likeness (QED) is 0.431. The predicted octanol–water partition coefficient (Wildman–Crippen LogP) is 6.78. The third kappa shape index (κ3) is 2.24. The highest BCUT2D eigenvalue weighted by Gasteiger charge is 2.50. The highest BCUT2D eigenvalue weighted by Crippen LogP contribution is 2.61. The molecule has 0 aromatic carbocycles. The maximum Gasteiger partial charge on any atom is -0.0172 e. The van der Waals surface area contributed by atoms with Crippen LogP contribution in [0.4, 0.5) is 0 Å². The minimum absolute atomic E-state index is 0.983. The topological polar surface area (TPSA) is 0 Å². The third-order valence-corrected chi connectivity index (χ3v) is 9.58. The van der Waals surface area contributed by atoms with E-state index >= 15 is 0 Å². The van der Waals surface area contributed by atoms with Crippen molar-refractivity contribution in [3.05, 3.63) is 22.3 Å². The standard InChI is InChI=1S/C13H20.C11H16/c1-8-9(2)13-6-10-3-11(7-13)5-12(8)4-10;1-6-7(2)11-5-8-3-9(11)4-10(6)8/h10-13H,3-7H2,1-2H3;8-11H,3-5H2,1-2H3. The Hall–Kier alpha value is -0.520. The van der Waals surface area contributed by atoms with E-state index in [1.165, 1.54) is 25.7 Å². The zero-order valence-electron chi connectivity index (χ0n) is 16.3. The fraction of sp³-hybridized carbons (Fsp3) is 0.833. The van der Waals surface area contributed by atoms with Crippen molar-refractivity contribution in [1.29, 1.82) is 0 Å². The lowest BCUT2D eigenvalue weighted by Gasteiger charge is -2.39. The van der Waals surface area contributed by atoms with Gasteiger partial charge in [0.1, 0.15) is 0 Å². The summed E-state index contributed by atoms with van der Waals surface area (Å²) in [6.45, 7) is 9.56. The average Bonchev–Trinajstić information content (AvgIpc) is 3.13. The summed E-state index contributed by atoms with van der Waals surface area (Å²) < 4.78 is 0. The fourth-order valence-corrected chi connectivity index (χ4v) is 8.12. The highest BCUT2D eigenvalue weighted by molar-refractivity contribution is 5.29. The lowest BCUT2D eigenvalue weighted by molar-refractivity contribution is 0.138. The molecule has 0 spiro atoms. The van der Waals surface area contributed by atoms with Crippen LogP contribution in [0.3, 0.4) is 0 Å². The molecule has 4 unspecified atom stereocenters. The van der Waals surface area contributed by atoms with E-state index in [1.807, 2.05) is 0 Å². The van der Waals surface area contributed by atoms with Gasteiger partial charge >= 0.3 is 0 Å². The van der Waals surface area contributed by atoms with Gasteiger partial charge in [0.05, 0.1) is 0 Å². The van der Waals surface area contributed by atoms with E-state index in [0.29, 0.717) is 0 Å². The first-order chi connectivity index (χ1) is 11.5. The van der Waals surface area contributed by atoms with Gasteiger partial charge in [-0.25, -0.2) is 0 Å². The first-order valence-corrected chi connectivity index (χ1v) is 10.9. The van der Waals surface area contributed by atoms with E-state index in [0.717, 1.165) is 47.3 Å². The van der Waals surface area contributed by atoms with Crippen molar-refractivity contribution in [3.8, 4) is 0 Å². The van der Waals surface area contributed by atoms with Crippen LogP contribution >= 0.6 is 0 Å². The van der Waals surface area contributed by atoms with Gasteiger partial charge in [0.15, 0.2) is 0 Å². The van der Waals surface area contributed by atoms with Crippen molar-refractivity contribution < 1.29 is 0 Å². The van der Waals surface area contributed by atoms with Gasteiger partial charge in [0.25, 0.3) is 0 Å². The zero-order chi connectivity index (χ0) is 16.6. The van der Waals surface area contributed by atoms with Crippen LogP contribution < -0.4 is 0 Å². The Morgan fingerprint density at radius 1 is 0.458 bits per heavy atom. The Labute approximate surface area is 149 Å². The van der Waals surface area contributed by atoms with Crippen molar-refractivity contribution in [2.45, 2.75) is 79.1 Å². The van der Waals surface area contributed by atoms with Crippen LogP contribution in [0.5, 0.6) is 0 Å². The molecule has 0 saturated heterocycles. The van der Waals surface area contributed by atoms with E-state index in [4.69, 9.17) is 0 Å². The average molecular weight is 325 g/mol. The van der Waals surface area contributed by atoms with E-state index < -0.39 is 0 Å². The van der Waals surface area contributed by atoms with Gasteiger partial charge in [-0.1, -0.05) is 22.3 Å². The maximum atomic E-state index is 2.41. The second-order valence-electron chi connectivity index (χ2n) is 10.5. The van der Waals surface area contributed by atoms with Gasteiger partial charge in [-0.15, -0.1) is 0 Å². The largest absolute Gasteiger partial charge is 0.0710 e. The third-order valence-electron chi connectivity index (χ3n) is 9.58. The van der Waals surface area contributed by atoms with Gasteiger partial charge in [-0.3, -0.25) is 0 Å². The van der Waals surface area contributed by atoms with Crippen molar-refractivity contribution in [2.24, 2.45) is 47.3 Å². The molecule has 8 bridgehead atoms. The molecule has 0 aromatic rings. The van der Waals surface area contributed by atoms with E-state index in [-0.39, 0.29) is 0 Å². The first-order valence-electron chi connectivity index (χ1n) is 10.9. The van der Waals surface area contributed by atoms with Crippen LogP contribution in [0, 0.1) is 47.3 Å². The molecule has 0 aliphatic heterocycles. The molecule has 4 saturated carbocycles. The van der Waals surface area contributed by atoms with Crippen LogP contribution in [0.15, 0.2) is 22.3 Å². The summed E-state index contributed by atoms with van der Waals surface area (Å²) in [5, 5.41) is 0. The number of hydrogen-bond acceptors (Lipinski definition) is 0. The molecule has 0 nitrogen and oxygen atoms in total. The summed E-state index contributed by atoms with van der Waals surface area (Å²) in [5.74, 6) is 8.40. The fourth-order valence-electron chi connectivity index (χ4n) is 8.12. The lowest BCUT2D eigenvalue weighted by Crippen LogP contribution is -2.28. The lowest BCUT2D eigenvalue weighted by atomic mass is 9.66. The van der Waals surface area contributed by atoms with E-state index in [9.17, 15) is 0 Å².